The van der Waals surface area contributed by atoms with Crippen molar-refractivity contribution in [1.29, 1.82) is 0 Å². The van der Waals surface area contributed by atoms with Crippen LogP contribution in [0.15, 0.2) is 52.5 Å². The average Bonchev–Trinajstić information content (AvgIpc) is 2.93. The highest BCUT2D eigenvalue weighted by Crippen LogP contribution is 2.38. The van der Waals surface area contributed by atoms with E-state index >= 15 is 0 Å². The third-order valence-electron chi connectivity index (χ3n) is 5.30. The van der Waals surface area contributed by atoms with E-state index in [0.717, 1.165) is 18.0 Å². The van der Waals surface area contributed by atoms with Gasteiger partial charge >= 0.3 is 12.1 Å². The molecule has 0 saturated heterocycles. The molecule has 43 heavy (non-hydrogen) atoms. The highest BCUT2D eigenvalue weighted by molar-refractivity contribution is 8.04. The smallest absolute Gasteiger partial charge is 0.418 e. The van der Waals surface area contributed by atoms with Crippen LogP contribution >= 0.6 is 11.9 Å². The molecule has 2 aromatic rings. The molecule has 1 aromatic carbocycles. The first-order valence-electron chi connectivity index (χ1n) is 14.3. The summed E-state index contributed by atoms with van der Waals surface area (Å²) >= 11 is 0.940. The number of rotatable bonds is 15. The van der Waals surface area contributed by atoms with E-state index < -0.39 is 23.3 Å². The zero-order valence-corrected chi connectivity index (χ0v) is 26.8. The number of allylic oxidation sites excluding steroid dienone is 1. The number of anilines is 1. The van der Waals surface area contributed by atoms with Gasteiger partial charge in [-0.05, 0) is 71.3 Å². The highest BCUT2D eigenvalue weighted by Gasteiger charge is 2.35. The Morgan fingerprint density at radius 3 is 2.37 bits per heavy atom. The van der Waals surface area contributed by atoms with Crippen LogP contribution in [0.1, 0.15) is 78.9 Å². The molecule has 7 nitrogen and oxygen atoms in total. The Labute approximate surface area is 257 Å². The molecule has 0 bridgehead atoms. The van der Waals surface area contributed by atoms with Gasteiger partial charge in [-0.3, -0.25) is 4.79 Å². The fourth-order valence-electron chi connectivity index (χ4n) is 3.59. The average molecular weight is 629 g/mol. The van der Waals surface area contributed by atoms with Gasteiger partial charge < -0.3 is 19.5 Å². The minimum atomic E-state index is -4.62. The molecule has 0 fully saturated rings. The first kappa shape index (κ1) is 38.1. The van der Waals surface area contributed by atoms with Crippen molar-refractivity contribution in [2.75, 3.05) is 24.4 Å². The standard InChI is InChI=1S/C29H38F4N4O3S.C2H6/c1-6-25(35-20(2)30)41-37-24-15-14-23(29(31,32)33)27(36-24)22-12-8-7-11-21(22)19-39-18-10-17-34-16-9-13-26(38)40-28(3,4)5;1-2/h6-8,11-12,14-15,34H,9-10,13,16-19H2,1-5H3,(H,36,37);1-2H3/b25-6+,35-20+;. The van der Waals surface area contributed by atoms with Crippen molar-refractivity contribution < 1.29 is 31.8 Å². The summed E-state index contributed by atoms with van der Waals surface area (Å²) in [7, 11) is 0. The number of hydrogen-bond acceptors (Lipinski definition) is 8. The van der Waals surface area contributed by atoms with E-state index in [-0.39, 0.29) is 24.1 Å². The molecule has 1 aromatic heterocycles. The van der Waals surface area contributed by atoms with Gasteiger partial charge in [-0.2, -0.15) is 17.6 Å². The third kappa shape index (κ3) is 15.4. The van der Waals surface area contributed by atoms with Gasteiger partial charge in [0, 0.05) is 37.5 Å². The summed E-state index contributed by atoms with van der Waals surface area (Å²) in [6.07, 6.45) is -1.38. The van der Waals surface area contributed by atoms with Gasteiger partial charge in [0.05, 0.1) is 17.9 Å². The van der Waals surface area contributed by atoms with Crippen LogP contribution in [0.25, 0.3) is 11.3 Å². The van der Waals surface area contributed by atoms with Gasteiger partial charge in [-0.25, -0.2) is 9.98 Å². The number of nitrogens with one attached hydrogen (secondary N) is 2. The molecular formula is C31H44F4N4O3S. The molecule has 0 aliphatic heterocycles. The number of nitrogens with zero attached hydrogens (tertiary/aromatic N) is 2. The fraction of sp³-hybridized carbons (Fsp3) is 0.516. The van der Waals surface area contributed by atoms with E-state index in [1.807, 2.05) is 34.6 Å². The number of aliphatic imine (C=N–C) groups is 1. The monoisotopic (exact) mass is 628 g/mol. The van der Waals surface area contributed by atoms with Gasteiger partial charge in [-0.15, -0.1) is 0 Å². The molecule has 0 radical (unpaired) electrons. The second-order valence-corrected chi connectivity index (χ2v) is 10.9. The zero-order valence-electron chi connectivity index (χ0n) is 26.0. The van der Waals surface area contributed by atoms with Crippen molar-refractivity contribution in [3.05, 3.63) is 58.6 Å². The largest absolute Gasteiger partial charge is 0.460 e. The molecule has 0 atom stereocenters. The zero-order chi connectivity index (χ0) is 32.5. The quantitative estimate of drug-likeness (QED) is 0.0671. The Kier molecular flexibility index (Phi) is 17.1. The normalized spacial score (nSPS) is 12.4. The van der Waals surface area contributed by atoms with Crippen LogP contribution in [0.2, 0.25) is 0 Å². The predicted molar refractivity (Wildman–Crippen MR) is 167 cm³/mol. The van der Waals surface area contributed by atoms with E-state index in [9.17, 15) is 22.4 Å². The summed E-state index contributed by atoms with van der Waals surface area (Å²) in [6.45, 7) is 14.2. The number of benzene rings is 1. The van der Waals surface area contributed by atoms with Crippen LogP contribution in [0.3, 0.4) is 0 Å². The SMILES string of the molecule is C/C=C(\N=C(/C)F)SNc1ccc(C(F)(F)F)c(-c2ccccc2COCCCNCCCC(=O)OC(C)(C)C)n1.CC. The minimum Gasteiger partial charge on any atom is -0.460 e. The van der Waals surface area contributed by atoms with Gasteiger partial charge in [0.15, 0.2) is 5.97 Å². The maximum Gasteiger partial charge on any atom is 0.418 e. The van der Waals surface area contributed by atoms with Crippen molar-refractivity contribution in [2.24, 2.45) is 4.99 Å². The lowest BCUT2D eigenvalue weighted by Gasteiger charge is -2.19. The minimum absolute atomic E-state index is 0.105. The summed E-state index contributed by atoms with van der Waals surface area (Å²) in [4.78, 5) is 19.7. The number of halogens is 4. The van der Waals surface area contributed by atoms with Gasteiger partial charge in [0.1, 0.15) is 16.4 Å². The van der Waals surface area contributed by atoms with Crippen LogP contribution in [0.4, 0.5) is 23.4 Å². The van der Waals surface area contributed by atoms with E-state index in [0.29, 0.717) is 55.1 Å². The summed E-state index contributed by atoms with van der Waals surface area (Å²) in [5.41, 5.74) is -0.739. The van der Waals surface area contributed by atoms with Crippen LogP contribution < -0.4 is 10.0 Å². The maximum absolute atomic E-state index is 13.9. The van der Waals surface area contributed by atoms with E-state index in [2.05, 4.69) is 20.0 Å². The number of hydrogen-bond donors (Lipinski definition) is 2. The lowest BCUT2D eigenvalue weighted by Crippen LogP contribution is -2.25. The molecule has 0 spiro atoms. The second kappa shape index (κ2) is 19.3. The van der Waals surface area contributed by atoms with Crippen molar-refractivity contribution in [1.82, 2.24) is 10.3 Å². The van der Waals surface area contributed by atoms with E-state index in [1.54, 1.807) is 37.3 Å². The third-order valence-corrected chi connectivity index (χ3v) is 6.15. The summed E-state index contributed by atoms with van der Waals surface area (Å²) in [5, 5.41) is 3.54. The molecular weight excluding hydrogens is 584 g/mol. The van der Waals surface area contributed by atoms with E-state index in [1.165, 1.54) is 13.0 Å². The molecule has 0 aliphatic carbocycles. The second-order valence-electron chi connectivity index (χ2n) is 10.0. The Hall–Kier alpha value is -2.96. The Morgan fingerprint density at radius 2 is 1.74 bits per heavy atom. The number of carbonyl (C=O) groups is 1. The first-order valence-corrected chi connectivity index (χ1v) is 15.1. The van der Waals surface area contributed by atoms with E-state index in [4.69, 9.17) is 9.47 Å². The van der Waals surface area contributed by atoms with Gasteiger partial charge in [0.25, 0.3) is 0 Å². The molecule has 0 unspecified atom stereocenters. The molecule has 2 N–H and O–H groups in total. The number of carbonyl (C=O) groups excluding carboxylic acids is 1. The maximum atomic E-state index is 13.9. The lowest BCUT2D eigenvalue weighted by molar-refractivity contribution is -0.154. The fourth-order valence-corrected chi connectivity index (χ4v) is 4.20. The van der Waals surface area contributed by atoms with Crippen molar-refractivity contribution in [3.8, 4) is 11.3 Å². The lowest BCUT2D eigenvalue weighted by atomic mass is 10.00. The number of aromatic nitrogens is 1. The molecule has 1 heterocycles. The number of ether oxygens (including phenoxy) is 2. The van der Waals surface area contributed by atoms with Crippen LogP contribution in [-0.2, 0) is 27.1 Å². The molecule has 12 heteroatoms. The van der Waals surface area contributed by atoms with Crippen molar-refractivity contribution in [2.45, 2.75) is 86.1 Å². The number of alkyl halides is 3. The Morgan fingerprint density at radius 1 is 1.07 bits per heavy atom. The molecule has 0 saturated carbocycles. The highest BCUT2D eigenvalue weighted by atomic mass is 32.2. The molecule has 0 amide bonds. The Balaban J connectivity index is 0.00000452. The van der Waals surface area contributed by atoms with Gasteiger partial charge in [0.2, 0.25) is 0 Å². The predicted octanol–water partition coefficient (Wildman–Crippen LogP) is 8.72. The summed E-state index contributed by atoms with van der Waals surface area (Å²) < 4.78 is 68.8. The van der Waals surface area contributed by atoms with Crippen molar-refractivity contribution in [3.63, 3.8) is 0 Å². The van der Waals surface area contributed by atoms with Crippen LogP contribution in [-0.4, -0.2) is 42.2 Å². The summed E-state index contributed by atoms with van der Waals surface area (Å²) in [5.74, 6) is -0.706. The molecule has 2 rings (SSSR count). The number of pyridine rings is 1. The first-order chi connectivity index (χ1) is 20.3. The Bertz CT molecular complexity index is 1190. The van der Waals surface area contributed by atoms with Crippen molar-refractivity contribution >= 4 is 29.7 Å². The van der Waals surface area contributed by atoms with Crippen LogP contribution in [0, 0.1) is 0 Å². The summed E-state index contributed by atoms with van der Waals surface area (Å²) in [6, 6.07) is 8.85. The molecule has 240 valence electrons. The van der Waals surface area contributed by atoms with Gasteiger partial charge in [-0.1, -0.05) is 44.2 Å². The van der Waals surface area contributed by atoms with Crippen LogP contribution in [0.5, 0.6) is 0 Å². The topological polar surface area (TPSA) is 84.8 Å². The number of esters is 1. The molecule has 0 aliphatic rings.